The standard InChI is InChI=1S/C18H23N5OS/c1-9-10(2)15(8-19)18(20-11(9)3)25-14(6)17(24)21-16-12(4)22-23(7)13(16)5/h14H,1-7H3,(H,21,24)/t14-/m0/s1. The third kappa shape index (κ3) is 3.69. The van der Waals surface area contributed by atoms with Crippen LogP contribution in [0, 0.1) is 45.9 Å². The highest BCUT2D eigenvalue weighted by molar-refractivity contribution is 8.00. The Hall–Kier alpha value is -2.33. The van der Waals surface area contributed by atoms with Gasteiger partial charge >= 0.3 is 0 Å². The van der Waals surface area contributed by atoms with E-state index in [1.54, 1.807) is 4.68 Å². The van der Waals surface area contributed by atoms with Crippen molar-refractivity contribution in [3.8, 4) is 6.07 Å². The molecule has 2 rings (SSSR count). The van der Waals surface area contributed by atoms with Crippen LogP contribution in [0.4, 0.5) is 5.69 Å². The zero-order chi connectivity index (χ0) is 18.9. The van der Waals surface area contributed by atoms with Crippen LogP contribution in [-0.2, 0) is 11.8 Å². The molecular formula is C18H23N5OS. The molecule has 7 heteroatoms. The van der Waals surface area contributed by atoms with Gasteiger partial charge in [0.05, 0.1) is 27.9 Å². The van der Waals surface area contributed by atoms with Crippen molar-refractivity contribution in [3.63, 3.8) is 0 Å². The number of hydrogen-bond donors (Lipinski definition) is 1. The summed E-state index contributed by atoms with van der Waals surface area (Å²) in [6.45, 7) is 11.4. The van der Waals surface area contributed by atoms with Crippen LogP contribution in [0.15, 0.2) is 5.03 Å². The maximum absolute atomic E-state index is 12.6. The first-order valence-electron chi connectivity index (χ1n) is 8.03. The van der Waals surface area contributed by atoms with Gasteiger partial charge in [-0.25, -0.2) is 4.98 Å². The maximum Gasteiger partial charge on any atom is 0.237 e. The van der Waals surface area contributed by atoms with Crippen molar-refractivity contribution in [2.24, 2.45) is 7.05 Å². The lowest BCUT2D eigenvalue weighted by atomic mass is 10.1. The van der Waals surface area contributed by atoms with Gasteiger partial charge in [-0.2, -0.15) is 10.4 Å². The Bertz CT molecular complexity index is 879. The number of aromatic nitrogens is 3. The van der Waals surface area contributed by atoms with E-state index in [-0.39, 0.29) is 11.2 Å². The van der Waals surface area contributed by atoms with Crippen molar-refractivity contribution in [3.05, 3.63) is 33.8 Å². The summed E-state index contributed by atoms with van der Waals surface area (Å²) in [5.74, 6) is -0.134. The van der Waals surface area contributed by atoms with E-state index in [1.165, 1.54) is 11.8 Å². The molecule has 2 aromatic heterocycles. The highest BCUT2D eigenvalue weighted by atomic mass is 32.2. The number of aryl methyl sites for hydroxylation is 3. The van der Waals surface area contributed by atoms with E-state index in [9.17, 15) is 10.1 Å². The smallest absolute Gasteiger partial charge is 0.237 e. The Morgan fingerprint density at radius 2 is 1.84 bits per heavy atom. The van der Waals surface area contributed by atoms with E-state index in [0.29, 0.717) is 10.6 Å². The number of hydrogen-bond acceptors (Lipinski definition) is 5. The maximum atomic E-state index is 12.6. The van der Waals surface area contributed by atoms with Gasteiger partial charge in [0, 0.05) is 12.7 Å². The first-order valence-corrected chi connectivity index (χ1v) is 8.90. The lowest BCUT2D eigenvalue weighted by Gasteiger charge is -2.15. The minimum atomic E-state index is -0.389. The molecule has 0 fully saturated rings. The van der Waals surface area contributed by atoms with Gasteiger partial charge in [0.25, 0.3) is 0 Å². The fraction of sp³-hybridized carbons (Fsp3) is 0.444. The number of nitriles is 1. The summed E-state index contributed by atoms with van der Waals surface area (Å²) < 4.78 is 1.74. The second-order valence-electron chi connectivity index (χ2n) is 6.16. The molecule has 0 bridgehead atoms. The van der Waals surface area contributed by atoms with Crippen LogP contribution in [0.5, 0.6) is 0 Å². The number of pyridine rings is 1. The normalized spacial score (nSPS) is 11.9. The minimum absolute atomic E-state index is 0.134. The van der Waals surface area contributed by atoms with Crippen LogP contribution in [0.1, 0.15) is 40.7 Å². The molecule has 6 nitrogen and oxygen atoms in total. The summed E-state index contributed by atoms with van der Waals surface area (Å²) in [5.41, 5.74) is 5.78. The molecule has 0 aliphatic carbocycles. The molecule has 2 heterocycles. The number of nitrogens with zero attached hydrogens (tertiary/aromatic N) is 4. The van der Waals surface area contributed by atoms with Crippen molar-refractivity contribution < 1.29 is 4.79 Å². The van der Waals surface area contributed by atoms with Crippen LogP contribution >= 0.6 is 11.8 Å². The van der Waals surface area contributed by atoms with Gasteiger partial charge in [-0.15, -0.1) is 0 Å². The molecule has 0 aliphatic heterocycles. The van der Waals surface area contributed by atoms with Crippen molar-refractivity contribution in [2.75, 3.05) is 5.32 Å². The molecule has 0 unspecified atom stereocenters. The molecule has 0 aliphatic rings. The Kier molecular flexibility index (Phi) is 5.53. The lowest BCUT2D eigenvalue weighted by molar-refractivity contribution is -0.115. The molecule has 1 N–H and O–H groups in total. The molecule has 1 atom stereocenters. The minimum Gasteiger partial charge on any atom is -0.322 e. The topological polar surface area (TPSA) is 83.6 Å². The zero-order valence-electron chi connectivity index (χ0n) is 15.7. The molecule has 132 valence electrons. The first kappa shape index (κ1) is 19.0. The molecule has 25 heavy (non-hydrogen) atoms. The van der Waals surface area contributed by atoms with Crippen LogP contribution in [0.3, 0.4) is 0 Å². The van der Waals surface area contributed by atoms with Crippen LogP contribution in [0.25, 0.3) is 0 Å². The molecule has 0 saturated heterocycles. The second kappa shape index (κ2) is 7.28. The number of rotatable bonds is 4. The zero-order valence-corrected chi connectivity index (χ0v) is 16.5. The molecule has 0 aromatic carbocycles. The number of nitrogens with one attached hydrogen (secondary N) is 1. The van der Waals surface area contributed by atoms with Gasteiger partial charge in [-0.3, -0.25) is 9.48 Å². The number of carbonyl (C=O) groups excluding carboxylic acids is 1. The fourth-order valence-corrected chi connectivity index (χ4v) is 3.54. The van der Waals surface area contributed by atoms with E-state index in [4.69, 9.17) is 0 Å². The summed E-state index contributed by atoms with van der Waals surface area (Å²) in [6, 6.07) is 2.22. The van der Waals surface area contributed by atoms with Crippen LogP contribution < -0.4 is 5.32 Å². The molecule has 1 amide bonds. The van der Waals surface area contributed by atoms with Gasteiger partial charge in [0.1, 0.15) is 11.1 Å². The average molecular weight is 357 g/mol. The largest absolute Gasteiger partial charge is 0.322 e. The molecule has 0 saturated carbocycles. The number of anilines is 1. The first-order chi connectivity index (χ1) is 11.7. The van der Waals surface area contributed by atoms with Gasteiger partial charge in [-0.1, -0.05) is 11.8 Å². The van der Waals surface area contributed by atoms with E-state index < -0.39 is 0 Å². The summed E-state index contributed by atoms with van der Waals surface area (Å²) >= 11 is 1.30. The third-order valence-corrected chi connectivity index (χ3v) is 5.58. The number of amides is 1. The van der Waals surface area contributed by atoms with Crippen molar-refractivity contribution in [1.82, 2.24) is 14.8 Å². The number of thioether (sulfide) groups is 1. The van der Waals surface area contributed by atoms with E-state index in [0.717, 1.165) is 33.9 Å². The predicted octanol–water partition coefficient (Wildman–Crippen LogP) is 3.35. The molecule has 0 radical (unpaired) electrons. The second-order valence-corrected chi connectivity index (χ2v) is 7.49. The van der Waals surface area contributed by atoms with Crippen molar-refractivity contribution in [2.45, 2.75) is 51.8 Å². The lowest BCUT2D eigenvalue weighted by Crippen LogP contribution is -2.23. The molecular weight excluding hydrogens is 334 g/mol. The predicted molar refractivity (Wildman–Crippen MR) is 99.8 cm³/mol. The van der Waals surface area contributed by atoms with Gasteiger partial charge < -0.3 is 5.32 Å². The summed E-state index contributed by atoms with van der Waals surface area (Å²) in [5, 5.41) is 16.9. The fourth-order valence-electron chi connectivity index (χ4n) is 2.53. The Morgan fingerprint density at radius 3 is 2.36 bits per heavy atom. The number of carbonyl (C=O) groups is 1. The van der Waals surface area contributed by atoms with Crippen molar-refractivity contribution in [1.29, 1.82) is 5.26 Å². The third-order valence-electron chi connectivity index (χ3n) is 4.49. The summed E-state index contributed by atoms with van der Waals surface area (Å²) in [4.78, 5) is 17.1. The quantitative estimate of drug-likeness (QED) is 0.848. The van der Waals surface area contributed by atoms with E-state index in [1.807, 2.05) is 48.6 Å². The highest BCUT2D eigenvalue weighted by Crippen LogP contribution is 2.30. The monoisotopic (exact) mass is 357 g/mol. The summed E-state index contributed by atoms with van der Waals surface area (Å²) in [7, 11) is 1.84. The SMILES string of the molecule is Cc1nc(S[C@@H](C)C(=O)Nc2c(C)nn(C)c2C)c(C#N)c(C)c1C. The van der Waals surface area contributed by atoms with Gasteiger partial charge in [0.2, 0.25) is 5.91 Å². The van der Waals surface area contributed by atoms with Gasteiger partial charge in [0.15, 0.2) is 0 Å². The Labute approximate surface area is 152 Å². The molecule has 0 spiro atoms. The Morgan fingerprint density at radius 1 is 1.20 bits per heavy atom. The highest BCUT2D eigenvalue weighted by Gasteiger charge is 2.22. The van der Waals surface area contributed by atoms with Crippen molar-refractivity contribution >= 4 is 23.4 Å². The van der Waals surface area contributed by atoms with E-state index >= 15 is 0 Å². The molecule has 2 aromatic rings. The van der Waals surface area contributed by atoms with Crippen LogP contribution in [0.2, 0.25) is 0 Å². The Balaban J connectivity index is 2.24. The van der Waals surface area contributed by atoms with E-state index in [2.05, 4.69) is 21.5 Å². The van der Waals surface area contributed by atoms with Crippen LogP contribution in [-0.4, -0.2) is 25.9 Å². The average Bonchev–Trinajstić information content (AvgIpc) is 2.79. The van der Waals surface area contributed by atoms with Gasteiger partial charge in [-0.05, 0) is 52.7 Å². The summed E-state index contributed by atoms with van der Waals surface area (Å²) in [6.07, 6.45) is 0.